The summed E-state index contributed by atoms with van der Waals surface area (Å²) in [7, 11) is 0. The van der Waals surface area contributed by atoms with Crippen molar-refractivity contribution in [1.29, 1.82) is 0 Å². The Kier molecular flexibility index (Phi) is 28.2. The zero-order valence-electron chi connectivity index (χ0n) is 87.9. The molecule has 0 bridgehead atoms. The first-order valence-electron chi connectivity index (χ1n) is 49.3. The minimum Gasteiger partial charge on any atom is -0.310 e. The van der Waals surface area contributed by atoms with Crippen LogP contribution in [-0.2, 0) is 48.7 Å². The first-order chi connectivity index (χ1) is 65.1. The number of anilines is 21. The number of hydrogen-bond acceptors (Lipinski definition) is 7. The van der Waals surface area contributed by atoms with Gasteiger partial charge in [0.25, 0.3) is 0 Å². The van der Waals surface area contributed by atoms with E-state index in [2.05, 4.69) is 570 Å². The van der Waals surface area contributed by atoms with Gasteiger partial charge in [0.1, 0.15) is 0 Å². The van der Waals surface area contributed by atoms with Gasteiger partial charge in [-0.2, -0.15) is 0 Å². The molecule has 0 aliphatic rings. The lowest BCUT2D eigenvalue weighted by atomic mass is 9.86. The van der Waals surface area contributed by atoms with Gasteiger partial charge in [-0.1, -0.05) is 331 Å². The van der Waals surface area contributed by atoms with Gasteiger partial charge in [0.2, 0.25) is 0 Å². The third kappa shape index (κ3) is 22.3. The molecule has 139 heavy (non-hydrogen) atoms. The van der Waals surface area contributed by atoms with Crippen molar-refractivity contribution in [3.8, 4) is 0 Å². The van der Waals surface area contributed by atoms with Crippen LogP contribution in [0.3, 0.4) is 0 Å². The highest BCUT2D eigenvalue weighted by atomic mass is 35.5. The molecule has 0 aliphatic heterocycles. The number of aryl methyl sites for hydroxylation is 3. The molecule has 0 aromatic heterocycles. The molecular weight excluding hydrogens is 1750 g/mol. The smallest absolute Gasteiger partial charge is 0.0887 e. The quantitative estimate of drug-likeness (QED) is 0.0706. The summed E-state index contributed by atoms with van der Waals surface area (Å²) in [5.74, 6) is 0. The Hall–Kier alpha value is -12.2. The fraction of sp³-hybridized carbons (Fsp3) is 0.302. The van der Waals surface area contributed by atoms with Crippen molar-refractivity contribution in [2.45, 2.75) is 256 Å². The number of hydrogen-bond donors (Lipinski definition) is 0. The Balaban J connectivity index is 0.929. The van der Waals surface area contributed by atoms with Crippen LogP contribution in [0.2, 0.25) is 15.1 Å². The summed E-state index contributed by atoms with van der Waals surface area (Å²) in [6.45, 7) is 67.7. The van der Waals surface area contributed by atoms with E-state index in [1.807, 2.05) is 0 Å². The van der Waals surface area contributed by atoms with E-state index in [-0.39, 0.29) is 48.7 Å². The summed E-state index contributed by atoms with van der Waals surface area (Å²) in [6, 6.07) is 121. The van der Waals surface area contributed by atoms with E-state index in [4.69, 9.17) is 34.8 Å². The molecule has 0 heterocycles. The van der Waals surface area contributed by atoms with Crippen LogP contribution < -0.4 is 34.3 Å². The topological polar surface area (TPSA) is 22.7 Å². The Morgan fingerprint density at radius 1 is 0.129 bits per heavy atom. The predicted molar refractivity (Wildman–Crippen MR) is 607 cm³/mol. The van der Waals surface area contributed by atoms with E-state index in [1.54, 1.807) is 0 Å². The Bertz CT molecular complexity index is 5980. The minimum absolute atomic E-state index is 0.0527. The van der Waals surface area contributed by atoms with E-state index in [0.717, 1.165) is 136 Å². The van der Waals surface area contributed by atoms with Crippen LogP contribution in [0.25, 0.3) is 0 Å². The number of benzene rings is 15. The van der Waals surface area contributed by atoms with Gasteiger partial charge in [0.05, 0.1) is 49.2 Å². The summed E-state index contributed by atoms with van der Waals surface area (Å²) in [5.41, 5.74) is 33.3. The summed E-state index contributed by atoms with van der Waals surface area (Å²) in [6.07, 6.45) is 0. The highest BCUT2D eigenvalue weighted by Gasteiger charge is 2.33. The molecule has 0 spiro atoms. The van der Waals surface area contributed by atoms with Gasteiger partial charge in [0, 0.05) is 85.3 Å². The number of rotatable bonds is 21. The fourth-order valence-corrected chi connectivity index (χ4v) is 19.3. The van der Waals surface area contributed by atoms with Gasteiger partial charge in [-0.15, -0.1) is 0 Å². The largest absolute Gasteiger partial charge is 0.310 e. The molecule has 0 saturated carbocycles. The third-order valence-corrected chi connectivity index (χ3v) is 28.2. The van der Waals surface area contributed by atoms with Gasteiger partial charge >= 0.3 is 0 Å². The third-order valence-electron chi connectivity index (χ3n) is 27.0. The minimum atomic E-state index is -0.103. The van der Waals surface area contributed by atoms with Crippen molar-refractivity contribution < 1.29 is 0 Å². The molecule has 0 atom stereocenters. The maximum absolute atomic E-state index is 8.33. The molecule has 0 radical (unpaired) electrons. The van der Waals surface area contributed by atoms with Crippen molar-refractivity contribution in [3.63, 3.8) is 0 Å². The highest BCUT2D eigenvalue weighted by Crippen LogP contribution is 2.55. The van der Waals surface area contributed by atoms with Gasteiger partial charge in [0.15, 0.2) is 0 Å². The SMILES string of the molecule is Cc1cc(N(c2ccc(N(c3ccc(N(c4ccc(C(C)(C)C)cc4)c4cc(C)cc(N(c5ccc(C(C)(C)C)cc5)c5ccc(C(C)(C)C)cc5)c4Cl)cc3)c3ccc(N(c4ccc(C(C)(C)C)cc4)c4cc(C)cc(N(c5ccc(C(C)(C)C)cc5)c5ccc(C(C)(C)C)cc5)c4Cl)cc3)cc2)c2ccc(C(C)(C)C)cc2)c(Cl)c(N(c2ccc(C(C)(C)C)cc2)c2ccc(C(C)(C)C)cc2)c1. The number of nitrogens with zero attached hydrogens (tertiary/aromatic N) is 7. The summed E-state index contributed by atoms with van der Waals surface area (Å²) in [5, 5.41) is 1.80. The summed E-state index contributed by atoms with van der Waals surface area (Å²) < 4.78 is 0. The first-order valence-corrected chi connectivity index (χ1v) is 50.5. The second kappa shape index (κ2) is 38.8. The molecule has 0 unspecified atom stereocenters. The van der Waals surface area contributed by atoms with Crippen LogP contribution in [0.15, 0.2) is 328 Å². The van der Waals surface area contributed by atoms with Gasteiger partial charge in [-0.05, 0) is 355 Å². The second-order valence-corrected chi connectivity index (χ2v) is 48.6. The summed E-state index contributed by atoms with van der Waals surface area (Å²) in [4.78, 5) is 16.3. The molecule has 0 N–H and O–H groups in total. The van der Waals surface area contributed by atoms with Crippen LogP contribution in [0.4, 0.5) is 119 Å². The first kappa shape index (κ1) is 101. The van der Waals surface area contributed by atoms with Gasteiger partial charge < -0.3 is 34.3 Å². The van der Waals surface area contributed by atoms with Crippen LogP contribution in [-0.4, -0.2) is 0 Å². The molecule has 0 saturated heterocycles. The van der Waals surface area contributed by atoms with Gasteiger partial charge in [-0.25, -0.2) is 0 Å². The van der Waals surface area contributed by atoms with Crippen LogP contribution >= 0.6 is 34.8 Å². The lowest BCUT2D eigenvalue weighted by Gasteiger charge is -2.33. The lowest BCUT2D eigenvalue weighted by Crippen LogP contribution is -2.17. The van der Waals surface area contributed by atoms with Crippen LogP contribution in [0, 0.1) is 20.8 Å². The highest BCUT2D eigenvalue weighted by molar-refractivity contribution is 6.38. The molecule has 0 aliphatic carbocycles. The molecule has 15 rings (SSSR count). The van der Waals surface area contributed by atoms with Crippen LogP contribution in [0.5, 0.6) is 0 Å². The molecule has 0 fully saturated rings. The Morgan fingerprint density at radius 3 is 0.295 bits per heavy atom. The van der Waals surface area contributed by atoms with E-state index in [9.17, 15) is 0 Å². The predicted octanol–water partition coefficient (Wildman–Crippen LogP) is 40.5. The van der Waals surface area contributed by atoms with E-state index >= 15 is 0 Å². The normalized spacial score (nSPS) is 12.5. The standard InChI is InChI=1S/C129H144Cl3N7/c1-85-79-112(134(100-49-31-88(32-50-100)121(4,5)6)101-51-33-89(34-52-101)122(7,8)9)118(130)115(82-85)137(106-61-43-94(44-62-106)127(22,23)24)109-73-67-97(68-74-109)133(98-69-75-110(76-70-98)138(107-63-45-95(46-64-107)128(25,26)27)116-83-86(2)80-113(119(116)131)135(102-53-35-90(36-54-102)123(10,11)12)103-55-37-91(38-56-103)124(13,14)15)99-71-77-111(78-72-99)139(108-65-47-96(48-66-108)129(28,29)30)117-84-87(3)81-114(120(117)132)136(104-57-39-92(40-58-104)125(16,17)18)105-59-41-93(42-60-105)126(19,20)21/h31-84H,1-30H3. The molecule has 7 nitrogen and oxygen atoms in total. The van der Waals surface area contributed by atoms with E-state index in [0.29, 0.717) is 15.1 Å². The molecule has 0 amide bonds. The monoisotopic (exact) mass is 1900 g/mol. The molecule has 15 aromatic carbocycles. The number of halogens is 3. The second-order valence-electron chi connectivity index (χ2n) is 47.4. The lowest BCUT2D eigenvalue weighted by molar-refractivity contribution is 0.590. The van der Waals surface area contributed by atoms with E-state index in [1.165, 1.54) is 50.1 Å². The molecule has 10 heteroatoms. The zero-order valence-corrected chi connectivity index (χ0v) is 90.2. The molecule has 716 valence electrons. The Morgan fingerprint density at radius 2 is 0.209 bits per heavy atom. The summed E-state index contributed by atoms with van der Waals surface area (Å²) >= 11 is 25.0. The van der Waals surface area contributed by atoms with Crippen molar-refractivity contribution >= 4 is 154 Å². The zero-order chi connectivity index (χ0) is 101. The fourth-order valence-electron chi connectivity index (χ4n) is 18.4. The van der Waals surface area contributed by atoms with Gasteiger partial charge in [-0.3, -0.25) is 0 Å². The van der Waals surface area contributed by atoms with Crippen molar-refractivity contribution in [1.82, 2.24) is 0 Å². The van der Waals surface area contributed by atoms with Crippen LogP contribution in [0.1, 0.15) is 254 Å². The van der Waals surface area contributed by atoms with E-state index < -0.39 is 0 Å². The average Bonchev–Trinajstić information content (AvgIpc) is 0.758. The maximum Gasteiger partial charge on any atom is 0.0887 e. The molecule has 15 aromatic rings. The van der Waals surface area contributed by atoms with Crippen molar-refractivity contribution in [2.24, 2.45) is 0 Å². The van der Waals surface area contributed by atoms with Crippen molar-refractivity contribution in [3.05, 3.63) is 409 Å². The average molecular weight is 1900 g/mol. The van der Waals surface area contributed by atoms with Crippen molar-refractivity contribution in [2.75, 3.05) is 34.3 Å². The molecular formula is C129H144Cl3N7. The maximum atomic E-state index is 8.33. The Labute approximate surface area is 848 Å².